The SMILES string of the molecule is COc1cccc(Br)c1N.Nc1ccccc1I. The van der Waals surface area contributed by atoms with Gasteiger partial charge in [-0.3, -0.25) is 0 Å². The summed E-state index contributed by atoms with van der Waals surface area (Å²) in [5.41, 5.74) is 12.6. The maximum absolute atomic E-state index is 5.62. The molecule has 0 aliphatic rings. The number of hydrogen-bond acceptors (Lipinski definition) is 3. The number of methoxy groups -OCH3 is 1. The van der Waals surface area contributed by atoms with Crippen LogP contribution in [0, 0.1) is 3.57 Å². The van der Waals surface area contributed by atoms with Gasteiger partial charge in [-0.05, 0) is 62.8 Å². The van der Waals surface area contributed by atoms with Gasteiger partial charge in [0.25, 0.3) is 0 Å². The summed E-state index contributed by atoms with van der Waals surface area (Å²) in [6, 6.07) is 13.3. The lowest BCUT2D eigenvalue weighted by atomic mass is 10.3. The molecule has 0 saturated carbocycles. The highest BCUT2D eigenvalue weighted by molar-refractivity contribution is 14.1. The number of halogens is 2. The molecule has 5 heteroatoms. The number of ether oxygens (including phenoxy) is 1. The van der Waals surface area contributed by atoms with Crippen LogP contribution in [0.5, 0.6) is 5.75 Å². The van der Waals surface area contributed by atoms with Crippen LogP contribution in [0.1, 0.15) is 0 Å². The Labute approximate surface area is 129 Å². The minimum Gasteiger partial charge on any atom is -0.495 e. The monoisotopic (exact) mass is 420 g/mol. The zero-order chi connectivity index (χ0) is 13.5. The van der Waals surface area contributed by atoms with Gasteiger partial charge in [0.05, 0.1) is 12.8 Å². The van der Waals surface area contributed by atoms with Gasteiger partial charge in [-0.15, -0.1) is 0 Å². The lowest BCUT2D eigenvalue weighted by molar-refractivity contribution is 0.417. The van der Waals surface area contributed by atoms with Crippen LogP contribution in [0.3, 0.4) is 0 Å². The molecule has 96 valence electrons. The Morgan fingerprint density at radius 1 is 1.06 bits per heavy atom. The summed E-state index contributed by atoms with van der Waals surface area (Å²) < 4.78 is 6.95. The van der Waals surface area contributed by atoms with Crippen molar-refractivity contribution in [3.8, 4) is 5.75 Å². The van der Waals surface area contributed by atoms with Crippen LogP contribution in [-0.4, -0.2) is 7.11 Å². The van der Waals surface area contributed by atoms with Crippen LogP contribution in [-0.2, 0) is 0 Å². The topological polar surface area (TPSA) is 61.3 Å². The van der Waals surface area contributed by atoms with Crippen LogP contribution in [0.4, 0.5) is 11.4 Å². The van der Waals surface area contributed by atoms with Crippen molar-refractivity contribution < 1.29 is 4.74 Å². The number of anilines is 2. The molecule has 0 aromatic heterocycles. The number of hydrogen-bond donors (Lipinski definition) is 2. The largest absolute Gasteiger partial charge is 0.495 e. The second-order valence-electron chi connectivity index (χ2n) is 3.38. The fraction of sp³-hybridized carbons (Fsp3) is 0.0769. The molecular formula is C13H14BrIN2O. The Balaban J connectivity index is 0.000000184. The first-order valence-electron chi connectivity index (χ1n) is 5.14. The molecule has 4 N–H and O–H groups in total. The van der Waals surface area contributed by atoms with E-state index >= 15 is 0 Å². The van der Waals surface area contributed by atoms with Crippen LogP contribution in [0.15, 0.2) is 46.9 Å². The van der Waals surface area contributed by atoms with Crippen LogP contribution in [0.25, 0.3) is 0 Å². The van der Waals surface area contributed by atoms with Gasteiger partial charge in [-0.1, -0.05) is 18.2 Å². The zero-order valence-corrected chi connectivity index (χ0v) is 13.6. The summed E-state index contributed by atoms with van der Waals surface area (Å²) in [5, 5.41) is 0. The first-order valence-corrected chi connectivity index (χ1v) is 7.01. The van der Waals surface area contributed by atoms with Crippen molar-refractivity contribution in [2.75, 3.05) is 18.6 Å². The molecule has 0 heterocycles. The van der Waals surface area contributed by atoms with Crippen LogP contribution in [0.2, 0.25) is 0 Å². The van der Waals surface area contributed by atoms with E-state index < -0.39 is 0 Å². The number of nitrogens with two attached hydrogens (primary N) is 2. The lowest BCUT2D eigenvalue weighted by Gasteiger charge is -2.03. The molecule has 0 fully saturated rings. The molecule has 3 nitrogen and oxygen atoms in total. The maximum Gasteiger partial charge on any atom is 0.142 e. The van der Waals surface area contributed by atoms with Gasteiger partial charge in [0, 0.05) is 13.7 Å². The third kappa shape index (κ3) is 4.38. The fourth-order valence-electron chi connectivity index (χ4n) is 1.17. The molecule has 2 aromatic carbocycles. The van der Waals surface area contributed by atoms with E-state index in [2.05, 4.69) is 38.5 Å². The summed E-state index contributed by atoms with van der Waals surface area (Å²) in [6.45, 7) is 0. The van der Waals surface area contributed by atoms with E-state index in [1.807, 2.05) is 42.5 Å². The molecule has 0 bridgehead atoms. The Morgan fingerprint density at radius 2 is 1.72 bits per heavy atom. The number of para-hydroxylation sites is 2. The smallest absolute Gasteiger partial charge is 0.142 e. The Hall–Kier alpha value is -0.950. The van der Waals surface area contributed by atoms with E-state index in [1.54, 1.807) is 7.11 Å². The highest BCUT2D eigenvalue weighted by Crippen LogP contribution is 2.28. The molecule has 18 heavy (non-hydrogen) atoms. The van der Waals surface area contributed by atoms with Crippen molar-refractivity contribution >= 4 is 49.9 Å². The van der Waals surface area contributed by atoms with Gasteiger partial charge < -0.3 is 16.2 Å². The minimum atomic E-state index is 0.644. The highest BCUT2D eigenvalue weighted by Gasteiger charge is 1.99. The third-order valence-corrected chi connectivity index (χ3v) is 3.81. The molecule has 0 aliphatic carbocycles. The van der Waals surface area contributed by atoms with Crippen molar-refractivity contribution in [3.05, 3.63) is 50.5 Å². The molecule has 0 saturated heterocycles. The van der Waals surface area contributed by atoms with Gasteiger partial charge in [-0.2, -0.15) is 0 Å². The van der Waals surface area contributed by atoms with Crippen LogP contribution >= 0.6 is 38.5 Å². The van der Waals surface area contributed by atoms with E-state index in [-0.39, 0.29) is 0 Å². The standard InChI is InChI=1S/C7H8BrNO.C6H6IN/c1-10-6-4-2-3-5(8)7(6)9;7-5-3-1-2-4-6(5)8/h2-4H,9H2,1H3;1-4H,8H2. The van der Waals surface area contributed by atoms with E-state index in [0.29, 0.717) is 11.4 Å². The van der Waals surface area contributed by atoms with Gasteiger partial charge >= 0.3 is 0 Å². The predicted molar refractivity (Wildman–Crippen MR) is 88.7 cm³/mol. The number of rotatable bonds is 1. The first kappa shape index (κ1) is 15.1. The summed E-state index contributed by atoms with van der Waals surface area (Å²) in [5.74, 6) is 0.703. The molecule has 0 aliphatic heterocycles. The van der Waals surface area contributed by atoms with Crippen LogP contribution < -0.4 is 16.2 Å². The Bertz CT molecular complexity index is 499. The van der Waals surface area contributed by atoms with E-state index in [1.165, 1.54) is 0 Å². The van der Waals surface area contributed by atoms with E-state index in [0.717, 1.165) is 13.7 Å². The van der Waals surface area contributed by atoms with Crippen molar-refractivity contribution in [3.63, 3.8) is 0 Å². The van der Waals surface area contributed by atoms with Crippen molar-refractivity contribution in [1.82, 2.24) is 0 Å². The van der Waals surface area contributed by atoms with Gasteiger partial charge in [0.1, 0.15) is 5.75 Å². The normalized spacial score (nSPS) is 9.28. The second kappa shape index (κ2) is 7.48. The quantitative estimate of drug-likeness (QED) is 0.543. The summed E-state index contributed by atoms with van der Waals surface area (Å²) in [7, 11) is 1.60. The lowest BCUT2D eigenvalue weighted by Crippen LogP contribution is -1.92. The maximum atomic E-state index is 5.62. The fourth-order valence-corrected chi connectivity index (χ4v) is 1.91. The summed E-state index contributed by atoms with van der Waals surface area (Å²) >= 11 is 5.48. The van der Waals surface area contributed by atoms with Crippen molar-refractivity contribution in [1.29, 1.82) is 0 Å². The van der Waals surface area contributed by atoms with Gasteiger partial charge in [-0.25, -0.2) is 0 Å². The molecule has 0 radical (unpaired) electrons. The summed E-state index contributed by atoms with van der Waals surface area (Å²) in [6.07, 6.45) is 0. The third-order valence-electron chi connectivity index (χ3n) is 2.14. The van der Waals surface area contributed by atoms with Crippen molar-refractivity contribution in [2.45, 2.75) is 0 Å². The Kier molecular flexibility index (Phi) is 6.28. The Morgan fingerprint density at radius 3 is 2.17 bits per heavy atom. The molecule has 0 unspecified atom stereocenters. The minimum absolute atomic E-state index is 0.644. The predicted octanol–water partition coefficient (Wildman–Crippen LogP) is 3.91. The average molecular weight is 421 g/mol. The number of benzene rings is 2. The zero-order valence-electron chi connectivity index (χ0n) is 9.86. The molecule has 0 amide bonds. The number of nitrogen functional groups attached to an aromatic ring is 2. The van der Waals surface area contributed by atoms with Gasteiger partial charge in [0.2, 0.25) is 0 Å². The van der Waals surface area contributed by atoms with E-state index in [9.17, 15) is 0 Å². The summed E-state index contributed by atoms with van der Waals surface area (Å²) in [4.78, 5) is 0. The molecule has 2 aromatic rings. The van der Waals surface area contributed by atoms with Crippen molar-refractivity contribution in [2.24, 2.45) is 0 Å². The molecule has 2 rings (SSSR count). The average Bonchev–Trinajstić information content (AvgIpc) is 2.37. The molecule has 0 atom stereocenters. The first-order chi connectivity index (χ1) is 8.56. The second-order valence-corrected chi connectivity index (χ2v) is 5.39. The van der Waals surface area contributed by atoms with Gasteiger partial charge in [0.15, 0.2) is 0 Å². The molecular weight excluding hydrogens is 407 g/mol. The molecule has 0 spiro atoms. The highest BCUT2D eigenvalue weighted by atomic mass is 127. The van der Waals surface area contributed by atoms with E-state index in [4.69, 9.17) is 16.2 Å².